The average molecular weight is 1970 g/mol. The molecule has 0 aromatic carbocycles. The van der Waals surface area contributed by atoms with E-state index in [1.54, 1.807) is 0 Å². The van der Waals surface area contributed by atoms with Crippen molar-refractivity contribution in [1.82, 2.24) is 39.9 Å². The zero-order valence-electron chi connectivity index (χ0n) is 49.2. The van der Waals surface area contributed by atoms with E-state index < -0.39 is 20.3 Å². The normalized spacial score (nSPS) is 9.18. The zero-order valence-corrected chi connectivity index (χ0v) is 58.3. The summed E-state index contributed by atoms with van der Waals surface area (Å²) in [4.78, 5) is 68.9. The van der Waals surface area contributed by atoms with Crippen LogP contribution in [-0.2, 0) is 110 Å². The maximum Gasteiger partial charge on any atom is 2.00 e. The van der Waals surface area contributed by atoms with Crippen molar-refractivity contribution >= 4 is 0 Å². The summed E-state index contributed by atoms with van der Waals surface area (Å²) in [7, 11) is 0. The maximum absolute atomic E-state index is 8.25. The number of hydrogen-bond donors (Lipinski definition) is 0. The summed E-state index contributed by atoms with van der Waals surface area (Å²) in [5, 5.41) is 59.0. The first-order valence-corrected chi connectivity index (χ1v) is 26.3. The van der Waals surface area contributed by atoms with Crippen LogP contribution in [-0.4, -0.2) is 84.3 Å². The Kier molecular flexibility index (Phi) is 55.3. The molecule has 0 saturated heterocycles. The Bertz CT molecular complexity index is 2820. The quantitative estimate of drug-likeness (QED) is 0.0412. The Morgan fingerprint density at radius 3 is 0.578 bits per heavy atom. The molecular formula is C58H68N14O14Pt4. The molecule has 28 nitrogen and oxygen atoms in total. The van der Waals surface area contributed by atoms with Gasteiger partial charge in [-0.15, -0.1) is 0 Å². The molecule has 4 N–H and O–H groups in total. The molecule has 0 atom stereocenters. The molecule has 8 aromatic heterocycles. The molecule has 0 aliphatic rings. The van der Waals surface area contributed by atoms with Gasteiger partial charge in [-0.2, -0.15) is 13.1 Å². The fourth-order valence-electron chi connectivity index (χ4n) is 7.81. The van der Waals surface area contributed by atoms with E-state index >= 15 is 0 Å². The molecule has 0 saturated carbocycles. The molecule has 0 aliphatic heterocycles. The first-order valence-electron chi connectivity index (χ1n) is 26.3. The molecule has 8 heterocycles. The zero-order chi connectivity index (χ0) is 62.1. The van der Waals surface area contributed by atoms with Crippen molar-refractivity contribution in [2.45, 2.75) is 105 Å². The van der Waals surface area contributed by atoms with Gasteiger partial charge in [-0.25, -0.2) is 0 Å². The van der Waals surface area contributed by atoms with Gasteiger partial charge in [0.25, 0.3) is 0 Å². The third-order valence-corrected chi connectivity index (χ3v) is 11.5. The fraction of sp³-hybridized carbons (Fsp3) is 0.310. The van der Waals surface area contributed by atoms with E-state index in [0.29, 0.717) is 0 Å². The van der Waals surface area contributed by atoms with E-state index in [1.807, 2.05) is 73.8 Å². The summed E-state index contributed by atoms with van der Waals surface area (Å²) in [6.45, 7) is 8.81. The van der Waals surface area contributed by atoms with Gasteiger partial charge in [-0.1, -0.05) is 25.7 Å². The molecule has 90 heavy (non-hydrogen) atoms. The molecule has 32 heteroatoms. The Morgan fingerprint density at radius 1 is 0.289 bits per heavy atom. The van der Waals surface area contributed by atoms with Crippen molar-refractivity contribution in [3.8, 4) is 45.6 Å². The van der Waals surface area contributed by atoms with Crippen LogP contribution in [0.2, 0.25) is 0 Å². The molecule has 0 bridgehead atoms. The van der Waals surface area contributed by atoms with Crippen LogP contribution in [0.3, 0.4) is 0 Å². The van der Waals surface area contributed by atoms with Crippen molar-refractivity contribution in [1.29, 1.82) is 0 Å². The minimum absolute atomic E-state index is 0. The van der Waals surface area contributed by atoms with Gasteiger partial charge in [0.05, 0.1) is 65.9 Å². The summed E-state index contributed by atoms with van der Waals surface area (Å²) >= 11 is 0. The Labute approximate surface area is 578 Å². The van der Waals surface area contributed by atoms with Crippen LogP contribution >= 0.6 is 0 Å². The molecule has 0 fully saturated rings. The second-order valence-electron chi connectivity index (χ2n) is 18.3. The SMILES string of the molecule is Cc1ccnc(-c2cc(CCCCCCc3ccnc(-c4cc(C)ccn4)c3)ccn2)c1.Cc1ccnc(-c2cc(CCCCCCc3ccnc(-c4cc(C)ccn4)c3)ccn2)c1.O=[N+]([O-])[O-].O=[N+]([O-])[O-].O=[N+]([O-])[O-].O=[N+]([O-])[O-].[NH-]CC[NH-].[OH-].[OH-].[Pt+2].[Pt+2].[Pt+2].[Pt+2]. The monoisotopic (exact) mass is 1960 g/mol. The van der Waals surface area contributed by atoms with Crippen LogP contribution in [0.15, 0.2) is 147 Å². The molecule has 8 aromatic rings. The predicted molar refractivity (Wildman–Crippen MR) is 324 cm³/mol. The van der Waals surface area contributed by atoms with E-state index in [1.165, 1.54) is 95.9 Å². The van der Waals surface area contributed by atoms with Crippen molar-refractivity contribution in [3.05, 3.63) is 264 Å². The van der Waals surface area contributed by atoms with Gasteiger partial charge in [0.2, 0.25) is 0 Å². The molecule has 0 unspecified atom stereocenters. The number of unbranched alkanes of at least 4 members (excludes halogenated alkanes) is 6. The van der Waals surface area contributed by atoms with E-state index in [-0.39, 0.29) is 108 Å². The maximum atomic E-state index is 8.25. The van der Waals surface area contributed by atoms with Gasteiger partial charge >= 0.3 is 84.3 Å². The smallest absolute Gasteiger partial charge is 0.870 e. The van der Waals surface area contributed by atoms with Crippen LogP contribution in [0.4, 0.5) is 0 Å². The van der Waals surface area contributed by atoms with Crippen molar-refractivity contribution < 1.29 is 116 Å². The topological polar surface area (TPSA) is 476 Å². The van der Waals surface area contributed by atoms with Gasteiger partial charge in [-0.05, 0) is 221 Å². The summed E-state index contributed by atoms with van der Waals surface area (Å²) in [5.41, 5.74) is 30.3. The van der Waals surface area contributed by atoms with Crippen molar-refractivity contribution in [2.75, 3.05) is 13.1 Å². The number of nitrogens with one attached hydrogen (secondary N) is 2. The van der Waals surface area contributed by atoms with E-state index in [0.717, 1.165) is 71.2 Å². The second-order valence-corrected chi connectivity index (χ2v) is 18.3. The first kappa shape index (κ1) is 91.3. The molecule has 0 radical (unpaired) electrons. The minimum atomic E-state index is -1.75. The molecule has 494 valence electrons. The number of aromatic nitrogens is 8. The van der Waals surface area contributed by atoms with Crippen LogP contribution in [0.1, 0.15) is 95.9 Å². The van der Waals surface area contributed by atoms with Gasteiger partial charge in [-0.3, -0.25) is 39.9 Å². The van der Waals surface area contributed by atoms with Crippen LogP contribution < -0.4 is 0 Å². The second kappa shape index (κ2) is 54.5. The van der Waals surface area contributed by atoms with E-state index in [2.05, 4.69) is 140 Å². The van der Waals surface area contributed by atoms with Crippen molar-refractivity contribution in [2.24, 2.45) is 0 Å². The molecule has 0 spiro atoms. The summed E-state index contributed by atoms with van der Waals surface area (Å²) in [6.07, 6.45) is 29.0. The number of aryl methyl sites for hydroxylation is 8. The summed E-state index contributed by atoms with van der Waals surface area (Å²) in [5.74, 6) is 0. The summed E-state index contributed by atoms with van der Waals surface area (Å²) in [6, 6.07) is 33.6. The Hall–Kier alpha value is -7.41. The number of nitrogens with zero attached hydrogens (tertiary/aromatic N) is 12. The molecular weight excluding hydrogens is 1900 g/mol. The van der Waals surface area contributed by atoms with E-state index in [4.69, 9.17) is 72.8 Å². The average Bonchev–Trinajstić information content (AvgIpc) is 3.20. The standard InChI is InChI=1S/2C28H30N4.C2H6N2.4NO3.2H2O.4Pt/c2*1-21-9-13-29-25(17-21)27-19-23(11-15-31-27)7-5-3-4-6-8-24-12-16-32-28(20-24)26-18-22(2)10-14-30-26;3-1-2-4;4*2-1(3)4;;;;;;/h2*9-20H,3-8H2,1-2H3;3-4H,1-2H2;;;;;2*1H2;;;;/q;;-2;4*-1;;;4*+2/p-2. The fourth-order valence-corrected chi connectivity index (χ4v) is 7.81. The minimum Gasteiger partial charge on any atom is -0.870 e. The third kappa shape index (κ3) is 44.1. The van der Waals surface area contributed by atoms with Gasteiger partial charge in [0.1, 0.15) is 0 Å². The van der Waals surface area contributed by atoms with Gasteiger partial charge in [0, 0.05) is 49.6 Å². The number of rotatable bonds is 19. The third-order valence-electron chi connectivity index (χ3n) is 11.5. The first-order chi connectivity index (χ1) is 40.2. The Balaban J connectivity index is -0.000000391. The molecule has 8 rings (SSSR count). The molecule has 0 amide bonds. The van der Waals surface area contributed by atoms with Crippen LogP contribution in [0.5, 0.6) is 0 Å². The Morgan fingerprint density at radius 2 is 0.433 bits per heavy atom. The van der Waals surface area contributed by atoms with Crippen LogP contribution in [0.25, 0.3) is 57.0 Å². The number of hydrogen-bond acceptors (Lipinski definition) is 22. The van der Waals surface area contributed by atoms with Crippen LogP contribution in [0, 0.1) is 89.0 Å². The van der Waals surface area contributed by atoms with Gasteiger partial charge in [0.15, 0.2) is 0 Å². The molecule has 0 aliphatic carbocycles. The predicted octanol–water partition coefficient (Wildman–Crippen LogP) is 12.9. The summed E-state index contributed by atoms with van der Waals surface area (Å²) < 4.78 is 0. The van der Waals surface area contributed by atoms with Gasteiger partial charge < -0.3 is 83.7 Å². The largest absolute Gasteiger partial charge is 2.00 e. The number of pyridine rings is 8. The van der Waals surface area contributed by atoms with E-state index in [9.17, 15) is 0 Å². The van der Waals surface area contributed by atoms with Crippen molar-refractivity contribution in [3.63, 3.8) is 0 Å².